The van der Waals surface area contributed by atoms with E-state index in [1.165, 1.54) is 0 Å². The molecule has 1 unspecified atom stereocenters. The minimum atomic E-state index is -1.23. The van der Waals surface area contributed by atoms with Crippen LogP contribution in [0.25, 0.3) is 0 Å². The van der Waals surface area contributed by atoms with Crippen LogP contribution < -0.4 is 4.90 Å². The molecule has 0 saturated heterocycles. The summed E-state index contributed by atoms with van der Waals surface area (Å²) in [6.45, 7) is 3.32. The van der Waals surface area contributed by atoms with E-state index in [-0.39, 0.29) is 12.2 Å². The fraction of sp³-hybridized carbons (Fsp3) is 0.333. The van der Waals surface area contributed by atoms with Gasteiger partial charge in [-0.3, -0.25) is 9.78 Å². The minimum absolute atomic E-state index is 0.00241. The van der Waals surface area contributed by atoms with Gasteiger partial charge in [0.15, 0.2) is 5.78 Å². The quantitative estimate of drug-likeness (QED) is 0.853. The van der Waals surface area contributed by atoms with Crippen molar-refractivity contribution in [3.63, 3.8) is 0 Å². The molecule has 0 bridgehead atoms. The Labute approximate surface area is 140 Å². The largest absolute Gasteiger partial charge is 0.383 e. The molecule has 1 aromatic carbocycles. The molecule has 0 amide bonds. The van der Waals surface area contributed by atoms with Crippen LogP contribution in [-0.2, 0) is 5.60 Å². The van der Waals surface area contributed by atoms with Gasteiger partial charge in [-0.2, -0.15) is 0 Å². The van der Waals surface area contributed by atoms with Gasteiger partial charge in [0.05, 0.1) is 6.54 Å². The van der Waals surface area contributed by atoms with Crippen molar-refractivity contribution < 1.29 is 9.90 Å². The predicted molar refractivity (Wildman–Crippen MR) is 91.0 cm³/mol. The molecule has 0 fully saturated rings. The summed E-state index contributed by atoms with van der Waals surface area (Å²) >= 11 is 6.10. The molecule has 2 aromatic rings. The molecule has 1 N–H and O–H groups in total. The van der Waals surface area contributed by atoms with Crippen molar-refractivity contribution in [1.29, 1.82) is 0 Å². The number of benzene rings is 1. The number of aliphatic hydroxyl groups is 1. The predicted octanol–water partition coefficient (Wildman–Crippen LogP) is 3.43. The Morgan fingerprint density at radius 1 is 1.39 bits per heavy atom. The van der Waals surface area contributed by atoms with Crippen LogP contribution in [0.1, 0.15) is 35.8 Å². The summed E-state index contributed by atoms with van der Waals surface area (Å²) < 4.78 is 0. The number of pyridine rings is 1. The lowest BCUT2D eigenvalue weighted by Crippen LogP contribution is -2.36. The van der Waals surface area contributed by atoms with Crippen LogP contribution in [0.15, 0.2) is 42.6 Å². The van der Waals surface area contributed by atoms with Gasteiger partial charge in [-0.25, -0.2) is 0 Å². The van der Waals surface area contributed by atoms with Crippen LogP contribution in [0.3, 0.4) is 0 Å². The van der Waals surface area contributed by atoms with Crippen LogP contribution in [0.5, 0.6) is 0 Å². The van der Waals surface area contributed by atoms with Crippen molar-refractivity contribution in [3.05, 3.63) is 58.9 Å². The fourth-order valence-corrected chi connectivity index (χ4v) is 3.32. The number of nitrogens with zero attached hydrogens (tertiary/aromatic N) is 2. The van der Waals surface area contributed by atoms with Crippen molar-refractivity contribution in [2.45, 2.75) is 25.4 Å². The second-order valence-electron chi connectivity index (χ2n) is 5.93. The number of aromatic nitrogens is 1. The first-order valence-electron chi connectivity index (χ1n) is 7.75. The number of Topliss-reactive ketones (excluding diaryl/α,β-unsaturated/α-hetero) is 1. The van der Waals surface area contributed by atoms with Crippen LogP contribution in [0.2, 0.25) is 5.02 Å². The Kier molecular flexibility index (Phi) is 4.37. The number of halogens is 1. The number of carbonyl (C=O) groups excluding carboxylic acids is 1. The third-order valence-corrected chi connectivity index (χ3v) is 4.39. The summed E-state index contributed by atoms with van der Waals surface area (Å²) in [5, 5.41) is 11.7. The van der Waals surface area contributed by atoms with E-state index in [4.69, 9.17) is 11.6 Å². The highest BCUT2D eigenvalue weighted by Gasteiger charge is 2.42. The van der Waals surface area contributed by atoms with Crippen LogP contribution in [0, 0.1) is 0 Å². The average Bonchev–Trinajstić information content (AvgIpc) is 2.80. The first kappa shape index (κ1) is 16.0. The van der Waals surface area contributed by atoms with Crippen molar-refractivity contribution in [1.82, 2.24) is 4.98 Å². The number of hydrogen-bond donors (Lipinski definition) is 1. The second-order valence-corrected chi connectivity index (χ2v) is 6.37. The smallest absolute Gasteiger partial charge is 0.184 e. The van der Waals surface area contributed by atoms with Gasteiger partial charge < -0.3 is 10.0 Å². The van der Waals surface area contributed by atoms with Gasteiger partial charge >= 0.3 is 0 Å². The Balaban J connectivity index is 1.92. The Bertz CT molecular complexity index is 720. The summed E-state index contributed by atoms with van der Waals surface area (Å²) in [6, 6.07) is 10.7. The number of anilines is 1. The molecule has 1 aliphatic rings. The van der Waals surface area contributed by atoms with E-state index in [1.54, 1.807) is 30.5 Å². The summed E-state index contributed by atoms with van der Waals surface area (Å²) in [5.41, 5.74) is 0.818. The molecule has 0 radical (unpaired) electrons. The van der Waals surface area contributed by atoms with E-state index in [1.807, 2.05) is 12.1 Å². The molecular formula is C18H19ClN2O2. The molecule has 2 heterocycles. The summed E-state index contributed by atoms with van der Waals surface area (Å²) in [6.07, 6.45) is 2.55. The van der Waals surface area contributed by atoms with Gasteiger partial charge in [-0.15, -0.1) is 0 Å². The first-order chi connectivity index (χ1) is 11.0. The van der Waals surface area contributed by atoms with Gasteiger partial charge in [0, 0.05) is 35.4 Å². The third kappa shape index (κ3) is 3.09. The summed E-state index contributed by atoms with van der Waals surface area (Å²) in [5.74, 6) is -0.169. The summed E-state index contributed by atoms with van der Waals surface area (Å²) in [4.78, 5) is 18.7. The van der Waals surface area contributed by atoms with E-state index in [2.05, 4.69) is 16.8 Å². The molecule has 0 saturated carbocycles. The van der Waals surface area contributed by atoms with Crippen molar-refractivity contribution in [2.24, 2.45) is 0 Å². The number of carbonyl (C=O) groups is 1. The van der Waals surface area contributed by atoms with Crippen LogP contribution in [-0.4, -0.2) is 29.0 Å². The van der Waals surface area contributed by atoms with E-state index in [0.29, 0.717) is 17.3 Å². The van der Waals surface area contributed by atoms with Gasteiger partial charge in [0.25, 0.3) is 0 Å². The van der Waals surface area contributed by atoms with Crippen molar-refractivity contribution in [2.75, 3.05) is 18.0 Å². The SMILES string of the molecule is CCCN1CC(O)(CC(=O)c2ccccn2)c2cc(Cl)ccc21. The Hall–Kier alpha value is -1.91. The lowest BCUT2D eigenvalue weighted by atomic mass is 9.90. The molecule has 1 aromatic heterocycles. The van der Waals surface area contributed by atoms with E-state index < -0.39 is 5.60 Å². The zero-order chi connectivity index (χ0) is 16.4. The highest BCUT2D eigenvalue weighted by Crippen LogP contribution is 2.43. The van der Waals surface area contributed by atoms with E-state index in [9.17, 15) is 9.90 Å². The molecule has 4 nitrogen and oxygen atoms in total. The van der Waals surface area contributed by atoms with Gasteiger partial charge in [-0.1, -0.05) is 24.6 Å². The zero-order valence-corrected chi connectivity index (χ0v) is 13.8. The third-order valence-electron chi connectivity index (χ3n) is 4.15. The maximum Gasteiger partial charge on any atom is 0.184 e. The first-order valence-corrected chi connectivity index (χ1v) is 8.13. The lowest BCUT2D eigenvalue weighted by Gasteiger charge is -2.24. The fourth-order valence-electron chi connectivity index (χ4n) is 3.15. The number of β-amino-alcohol motifs (C(OH)–C–C–N with tert-alkyl or cyclic N) is 1. The standard InChI is InChI=1S/C18H19ClN2O2/c1-2-9-21-12-18(23,14-10-13(19)6-7-16(14)21)11-17(22)15-5-3-4-8-20-15/h3-8,10,23H,2,9,11-12H2,1H3. The number of ketones is 1. The van der Waals surface area contributed by atoms with E-state index >= 15 is 0 Å². The Morgan fingerprint density at radius 2 is 2.22 bits per heavy atom. The zero-order valence-electron chi connectivity index (χ0n) is 13.0. The average molecular weight is 331 g/mol. The Morgan fingerprint density at radius 3 is 2.91 bits per heavy atom. The molecule has 120 valence electrons. The monoisotopic (exact) mass is 330 g/mol. The molecule has 23 heavy (non-hydrogen) atoms. The molecule has 0 spiro atoms. The van der Waals surface area contributed by atoms with Crippen molar-refractivity contribution in [3.8, 4) is 0 Å². The topological polar surface area (TPSA) is 53.4 Å². The molecule has 5 heteroatoms. The molecule has 1 atom stereocenters. The maximum atomic E-state index is 12.5. The number of hydrogen-bond acceptors (Lipinski definition) is 4. The normalized spacial score (nSPS) is 19.7. The molecular weight excluding hydrogens is 312 g/mol. The van der Waals surface area contributed by atoms with Crippen LogP contribution >= 0.6 is 11.6 Å². The maximum absolute atomic E-state index is 12.5. The minimum Gasteiger partial charge on any atom is -0.383 e. The molecule has 3 rings (SSSR count). The van der Waals surface area contributed by atoms with Gasteiger partial charge in [0.1, 0.15) is 11.3 Å². The van der Waals surface area contributed by atoms with Gasteiger partial charge in [-0.05, 0) is 36.8 Å². The van der Waals surface area contributed by atoms with Crippen LogP contribution in [0.4, 0.5) is 5.69 Å². The molecule has 1 aliphatic heterocycles. The highest BCUT2D eigenvalue weighted by atomic mass is 35.5. The van der Waals surface area contributed by atoms with E-state index in [0.717, 1.165) is 24.2 Å². The summed E-state index contributed by atoms with van der Waals surface area (Å²) in [7, 11) is 0. The molecule has 0 aliphatic carbocycles. The highest BCUT2D eigenvalue weighted by molar-refractivity contribution is 6.30. The number of rotatable bonds is 5. The second kappa shape index (κ2) is 6.30. The number of fused-ring (bicyclic) bond motifs is 1. The van der Waals surface area contributed by atoms with Crippen molar-refractivity contribution >= 4 is 23.1 Å². The van der Waals surface area contributed by atoms with Gasteiger partial charge in [0.2, 0.25) is 0 Å². The lowest BCUT2D eigenvalue weighted by molar-refractivity contribution is 0.0403.